The molecule has 2 saturated carbocycles. The van der Waals surface area contributed by atoms with Crippen molar-refractivity contribution >= 4 is 35.3 Å². The zero-order chi connectivity index (χ0) is 26.0. The summed E-state index contributed by atoms with van der Waals surface area (Å²) in [5.74, 6) is -1.12. The molecule has 0 N–H and O–H groups in total. The van der Waals surface area contributed by atoms with Crippen LogP contribution in [0.25, 0.3) is 0 Å². The molecule has 0 amide bonds. The first kappa shape index (κ1) is 26.0. The summed E-state index contributed by atoms with van der Waals surface area (Å²) >= 11 is 0. The van der Waals surface area contributed by atoms with Gasteiger partial charge >= 0.3 is 0 Å². The van der Waals surface area contributed by atoms with E-state index >= 15 is 0 Å². The Kier molecular flexibility index (Phi) is 6.13. The number of aryl methyl sites for hydroxylation is 2. The summed E-state index contributed by atoms with van der Waals surface area (Å²) < 4.78 is 81.2. The van der Waals surface area contributed by atoms with Crippen LogP contribution >= 0.6 is 0 Å². The van der Waals surface area contributed by atoms with E-state index in [0.29, 0.717) is 6.42 Å². The van der Waals surface area contributed by atoms with E-state index in [-0.39, 0.29) is 24.5 Å². The van der Waals surface area contributed by atoms with Crippen molar-refractivity contribution in [2.45, 2.75) is 56.7 Å². The van der Waals surface area contributed by atoms with Crippen LogP contribution < -0.4 is 0 Å². The highest BCUT2D eigenvalue weighted by atomic mass is 32.3. The maximum Gasteiger partial charge on any atom is 0.140 e. The van der Waals surface area contributed by atoms with Gasteiger partial charge in [0.2, 0.25) is 0 Å². The molecule has 2 fully saturated rings. The Morgan fingerprint density at radius 2 is 1.23 bits per heavy atom. The first-order valence-electron chi connectivity index (χ1n) is 11.3. The number of carbonyl (C=O) groups is 1. The molecule has 2 aliphatic carbocycles. The van der Waals surface area contributed by atoms with Gasteiger partial charge in [-0.15, -0.1) is 0 Å². The first-order chi connectivity index (χ1) is 16.1. The minimum Gasteiger partial charge on any atom is -0.299 e. The van der Waals surface area contributed by atoms with Crippen molar-refractivity contribution in [1.29, 1.82) is 0 Å². The van der Waals surface area contributed by atoms with Crippen molar-refractivity contribution in [2.24, 2.45) is 16.7 Å². The molecular weight excluding hydrogens is 508 g/mol. The van der Waals surface area contributed by atoms with Crippen LogP contribution in [0.3, 0.4) is 0 Å². The van der Waals surface area contributed by atoms with Gasteiger partial charge in [0.15, 0.2) is 0 Å². The van der Waals surface area contributed by atoms with Gasteiger partial charge in [0.25, 0.3) is 0 Å². The van der Waals surface area contributed by atoms with E-state index in [1.54, 1.807) is 13.8 Å². The number of ketones is 1. The zero-order valence-electron chi connectivity index (χ0n) is 20.1. The molecule has 0 saturated heterocycles. The van der Waals surface area contributed by atoms with Crippen LogP contribution in [0.15, 0.2) is 58.3 Å². The van der Waals surface area contributed by atoms with Gasteiger partial charge in [0, 0.05) is 27.4 Å². The van der Waals surface area contributed by atoms with Crippen LogP contribution in [0, 0.1) is 34.5 Å². The molecule has 2 unspecified atom stereocenters. The molecule has 2 bridgehead atoms. The summed E-state index contributed by atoms with van der Waals surface area (Å²) in [4.78, 5) is 12.1. The molecule has 35 heavy (non-hydrogen) atoms. The first-order valence-corrected chi connectivity index (χ1v) is 15.9. The van der Waals surface area contributed by atoms with Crippen molar-refractivity contribution in [3.8, 4) is 0 Å². The van der Waals surface area contributed by atoms with E-state index in [1.807, 2.05) is 13.8 Å². The fourth-order valence-corrected chi connectivity index (χ4v) is 13.8. The third kappa shape index (κ3) is 3.97. The molecule has 2 aromatic rings. The number of benzene rings is 2. The normalized spacial score (nSPS) is 24.3. The van der Waals surface area contributed by atoms with E-state index in [1.165, 1.54) is 48.5 Å². The van der Waals surface area contributed by atoms with E-state index < -0.39 is 59.8 Å². The molecule has 0 radical (unpaired) electrons. The molecule has 0 heterocycles. The highest BCUT2D eigenvalue weighted by molar-refractivity contribution is 8.29. The van der Waals surface area contributed by atoms with E-state index in [0.717, 1.165) is 11.1 Å². The Hall–Kier alpha value is -2.04. The number of sulfone groups is 3. The predicted molar refractivity (Wildman–Crippen MR) is 132 cm³/mol. The monoisotopic (exact) mass is 537 g/mol. The lowest BCUT2D eigenvalue weighted by Gasteiger charge is -2.40. The van der Waals surface area contributed by atoms with Crippen molar-refractivity contribution < 1.29 is 30.0 Å². The van der Waals surface area contributed by atoms with Gasteiger partial charge in [0.1, 0.15) is 5.78 Å². The van der Waals surface area contributed by atoms with Gasteiger partial charge in [0.05, 0.1) is 33.4 Å². The molecule has 4 rings (SSSR count). The van der Waals surface area contributed by atoms with Crippen molar-refractivity contribution in [2.75, 3.05) is 5.75 Å². The molecule has 2 aliphatic rings. The second-order valence-corrected chi connectivity index (χ2v) is 16.8. The van der Waals surface area contributed by atoms with Gasteiger partial charge in [-0.05, 0) is 62.3 Å². The molecule has 0 spiro atoms. The fourth-order valence-electron chi connectivity index (χ4n) is 5.60. The minimum atomic E-state index is -4.98. The lowest BCUT2D eigenvalue weighted by molar-refractivity contribution is -0.128. The summed E-state index contributed by atoms with van der Waals surface area (Å²) in [5, 5.41) is 0. The minimum absolute atomic E-state index is 0.0175. The molecule has 2 atom stereocenters. The van der Waals surface area contributed by atoms with Gasteiger partial charge < -0.3 is 0 Å². The molecule has 0 aliphatic heterocycles. The van der Waals surface area contributed by atoms with Gasteiger partial charge in [-0.25, -0.2) is 0 Å². The standard InChI is InChI=1S/C25H29O7S3/c1-17-5-9-20(10-6-17)34(29,30)23(35(31,32)21-11-7-18(2)8-12-21)33(27,28)16-25-14-13-19(15-22(25)26)24(25,3)4/h5-12,19H,13-16H2,1-4H3/q-1. The van der Waals surface area contributed by atoms with Crippen molar-refractivity contribution in [3.05, 3.63) is 63.6 Å². The maximum atomic E-state index is 13.9. The van der Waals surface area contributed by atoms with E-state index in [4.69, 9.17) is 0 Å². The predicted octanol–water partition coefficient (Wildman–Crippen LogP) is 3.81. The Balaban J connectivity index is 1.92. The highest BCUT2D eigenvalue weighted by Crippen LogP contribution is 2.64. The Morgan fingerprint density at radius 3 is 1.57 bits per heavy atom. The molecule has 0 aromatic heterocycles. The number of Topliss-reactive ketones (excluding diaryl/α,β-unsaturated/α-hetero) is 1. The Labute approximate surface area is 207 Å². The smallest absolute Gasteiger partial charge is 0.140 e. The number of hydrogen-bond donors (Lipinski definition) is 0. The summed E-state index contributed by atoms with van der Waals surface area (Å²) in [7, 11) is -14.9. The van der Waals surface area contributed by atoms with Crippen LogP contribution in [-0.2, 0) is 34.3 Å². The third-order valence-electron chi connectivity index (χ3n) is 7.93. The van der Waals surface area contributed by atoms with Gasteiger partial charge in [-0.2, -0.15) is 0 Å². The molecule has 190 valence electrons. The molecule has 10 heteroatoms. The van der Waals surface area contributed by atoms with Crippen molar-refractivity contribution in [3.63, 3.8) is 0 Å². The lowest BCUT2D eigenvalue weighted by Crippen LogP contribution is -2.45. The van der Waals surface area contributed by atoms with E-state index in [2.05, 4.69) is 0 Å². The average Bonchev–Trinajstić information content (AvgIpc) is 3.07. The summed E-state index contributed by atoms with van der Waals surface area (Å²) in [6.07, 6.45) is 1.14. The SMILES string of the molecule is Cc1ccc(S(=O)(=O)[C-](S(=O)(=O)CC23CCC(CC2=O)C3(C)C)S(=O)(=O)c2ccc(C)cc2)cc1. The molecule has 7 nitrogen and oxygen atoms in total. The summed E-state index contributed by atoms with van der Waals surface area (Å²) in [6.45, 7) is 7.08. The number of carbonyl (C=O) groups excluding carboxylic acids is 1. The Bertz CT molecular complexity index is 1410. The van der Waals surface area contributed by atoms with Gasteiger partial charge in [-0.3, -0.25) is 30.0 Å². The Morgan fingerprint density at radius 1 is 0.800 bits per heavy atom. The quantitative estimate of drug-likeness (QED) is 0.493. The maximum absolute atomic E-state index is 13.9. The van der Waals surface area contributed by atoms with Crippen LogP contribution in [0.1, 0.15) is 44.2 Å². The van der Waals surface area contributed by atoms with Crippen molar-refractivity contribution in [1.82, 2.24) is 0 Å². The lowest BCUT2D eigenvalue weighted by atomic mass is 9.70. The zero-order valence-corrected chi connectivity index (χ0v) is 22.6. The summed E-state index contributed by atoms with van der Waals surface area (Å²) in [6, 6.07) is 10.7. The second-order valence-electron chi connectivity index (χ2n) is 10.3. The largest absolute Gasteiger partial charge is 0.299 e. The summed E-state index contributed by atoms with van der Waals surface area (Å²) in [5.41, 5.74) is -0.565. The molecule has 2 aromatic carbocycles. The number of rotatable bonds is 7. The van der Waals surface area contributed by atoms with Crippen LogP contribution in [0.2, 0.25) is 0 Å². The van der Waals surface area contributed by atoms with Gasteiger partial charge in [-0.1, -0.05) is 49.2 Å². The second kappa shape index (κ2) is 8.24. The topological polar surface area (TPSA) is 119 Å². The fraction of sp³-hybridized carbons (Fsp3) is 0.440. The molecular formula is C25H29O7S3-. The van der Waals surface area contributed by atoms with Crippen LogP contribution in [0.5, 0.6) is 0 Å². The third-order valence-corrected chi connectivity index (χ3v) is 16.1. The highest BCUT2D eigenvalue weighted by Gasteiger charge is 2.65. The van der Waals surface area contributed by atoms with E-state index in [9.17, 15) is 30.0 Å². The van der Waals surface area contributed by atoms with Crippen LogP contribution in [-0.4, -0.2) is 36.8 Å². The average molecular weight is 538 g/mol. The number of fused-ring (bicyclic) bond motifs is 2. The number of hydrogen-bond acceptors (Lipinski definition) is 7. The van der Waals surface area contributed by atoms with Crippen LogP contribution in [0.4, 0.5) is 0 Å².